The predicted molar refractivity (Wildman–Crippen MR) is 135 cm³/mol. The highest BCUT2D eigenvalue weighted by Crippen LogP contribution is 2.52. The van der Waals surface area contributed by atoms with Crippen LogP contribution in [0.25, 0.3) is 50.5 Å². The summed E-state index contributed by atoms with van der Waals surface area (Å²) in [6.07, 6.45) is 3.51. The molecule has 0 fully saturated rings. The zero-order chi connectivity index (χ0) is 22.9. The minimum atomic E-state index is -0.204. The van der Waals surface area contributed by atoms with Crippen LogP contribution in [0.4, 0.5) is 0 Å². The third-order valence-corrected chi connectivity index (χ3v) is 6.91. The van der Waals surface area contributed by atoms with Gasteiger partial charge in [-0.25, -0.2) is 15.0 Å². The van der Waals surface area contributed by atoms with Crippen LogP contribution < -0.4 is 0 Å². The van der Waals surface area contributed by atoms with Crippen LogP contribution >= 0.6 is 0 Å². The molecule has 0 N–H and O–H groups in total. The van der Waals surface area contributed by atoms with E-state index in [0.717, 1.165) is 39.0 Å². The SMILES string of the molecule is CC1(C)c2ccccc2-c2c1c1nccnc1n2-c1nc(-c2ccccc2)c2ccccc2n1. The van der Waals surface area contributed by atoms with E-state index < -0.39 is 0 Å². The molecule has 0 bridgehead atoms. The first-order valence-corrected chi connectivity index (χ1v) is 11.4. The van der Waals surface area contributed by atoms with E-state index in [0.29, 0.717) is 5.95 Å². The lowest BCUT2D eigenvalue weighted by molar-refractivity contribution is 0.665. The van der Waals surface area contributed by atoms with Crippen LogP contribution in [0.2, 0.25) is 0 Å². The normalized spacial score (nSPS) is 13.8. The molecular formula is C29H21N5. The summed E-state index contributed by atoms with van der Waals surface area (Å²) < 4.78 is 2.10. The fourth-order valence-corrected chi connectivity index (χ4v) is 5.39. The Morgan fingerprint density at radius 2 is 1.47 bits per heavy atom. The topological polar surface area (TPSA) is 56.5 Å². The van der Waals surface area contributed by atoms with Crippen LogP contribution in [0.1, 0.15) is 25.0 Å². The Hall–Kier alpha value is -4.38. The van der Waals surface area contributed by atoms with Crippen molar-refractivity contribution in [3.63, 3.8) is 0 Å². The fraction of sp³-hybridized carbons (Fsp3) is 0.103. The number of nitrogens with zero attached hydrogens (tertiary/aromatic N) is 5. The van der Waals surface area contributed by atoms with Crippen LogP contribution in [0.5, 0.6) is 0 Å². The van der Waals surface area contributed by atoms with E-state index in [4.69, 9.17) is 19.9 Å². The number of para-hydroxylation sites is 1. The molecule has 1 aliphatic rings. The van der Waals surface area contributed by atoms with E-state index in [-0.39, 0.29) is 5.41 Å². The third kappa shape index (κ3) is 2.49. The molecule has 0 aliphatic heterocycles. The summed E-state index contributed by atoms with van der Waals surface area (Å²) >= 11 is 0. The van der Waals surface area contributed by atoms with Crippen molar-refractivity contribution in [1.82, 2.24) is 24.5 Å². The van der Waals surface area contributed by atoms with Crippen molar-refractivity contribution in [3.8, 4) is 28.5 Å². The standard InChI is InChI=1S/C29H21N5/c1-29(2)21-14-8-6-12-19(21)26-23(29)25-27(31-17-16-30-25)34(26)28-32-22-15-9-7-13-20(22)24(33-28)18-10-4-3-5-11-18/h3-17H,1-2H3. The van der Waals surface area contributed by atoms with Gasteiger partial charge in [0.15, 0.2) is 5.65 Å². The fourth-order valence-electron chi connectivity index (χ4n) is 5.39. The van der Waals surface area contributed by atoms with Crippen LogP contribution in [-0.4, -0.2) is 24.5 Å². The van der Waals surface area contributed by atoms with Crippen molar-refractivity contribution >= 4 is 22.1 Å². The second-order valence-corrected chi connectivity index (χ2v) is 9.21. The maximum atomic E-state index is 5.15. The first-order chi connectivity index (χ1) is 16.6. The molecule has 0 unspecified atom stereocenters. The Morgan fingerprint density at radius 3 is 2.35 bits per heavy atom. The number of hydrogen-bond acceptors (Lipinski definition) is 4. The molecule has 3 aromatic carbocycles. The summed E-state index contributed by atoms with van der Waals surface area (Å²) in [4.78, 5) is 19.7. The van der Waals surface area contributed by atoms with Gasteiger partial charge >= 0.3 is 0 Å². The monoisotopic (exact) mass is 439 g/mol. The Labute approximate surface area is 196 Å². The van der Waals surface area contributed by atoms with Crippen LogP contribution in [0.3, 0.4) is 0 Å². The van der Waals surface area contributed by atoms with Gasteiger partial charge in [0, 0.05) is 39.9 Å². The summed E-state index contributed by atoms with van der Waals surface area (Å²) in [6.45, 7) is 4.51. The molecular weight excluding hydrogens is 418 g/mol. The Balaban J connectivity index is 1.63. The minimum Gasteiger partial charge on any atom is -0.260 e. The van der Waals surface area contributed by atoms with Gasteiger partial charge in [-0.05, 0) is 11.6 Å². The highest BCUT2D eigenvalue weighted by Gasteiger charge is 2.42. The number of fused-ring (bicyclic) bond motifs is 6. The highest BCUT2D eigenvalue weighted by atomic mass is 15.2. The van der Waals surface area contributed by atoms with Crippen molar-refractivity contribution in [1.29, 1.82) is 0 Å². The number of aromatic nitrogens is 5. The highest BCUT2D eigenvalue weighted by molar-refractivity contribution is 5.96. The lowest BCUT2D eigenvalue weighted by atomic mass is 9.83. The van der Waals surface area contributed by atoms with E-state index in [9.17, 15) is 0 Å². The predicted octanol–water partition coefficient (Wildman–Crippen LogP) is 6.34. The Kier molecular flexibility index (Phi) is 3.83. The molecule has 5 nitrogen and oxygen atoms in total. The summed E-state index contributed by atoms with van der Waals surface area (Å²) in [5.41, 5.74) is 9.06. The molecule has 0 saturated heterocycles. The van der Waals surface area contributed by atoms with Crippen LogP contribution in [0.15, 0.2) is 91.3 Å². The second kappa shape index (κ2) is 6.81. The molecule has 6 aromatic rings. The molecule has 0 amide bonds. The van der Waals surface area contributed by atoms with Crippen molar-refractivity contribution in [3.05, 3.63) is 102 Å². The van der Waals surface area contributed by atoms with Crippen molar-refractivity contribution in [2.45, 2.75) is 19.3 Å². The molecule has 0 atom stereocenters. The zero-order valence-electron chi connectivity index (χ0n) is 18.9. The van der Waals surface area contributed by atoms with Gasteiger partial charge in [0.2, 0.25) is 5.95 Å². The number of rotatable bonds is 2. The van der Waals surface area contributed by atoms with Gasteiger partial charge in [-0.15, -0.1) is 0 Å². The zero-order valence-corrected chi connectivity index (χ0v) is 18.9. The van der Waals surface area contributed by atoms with Gasteiger partial charge in [0.05, 0.1) is 16.9 Å². The number of benzene rings is 3. The Bertz CT molecular complexity index is 1730. The van der Waals surface area contributed by atoms with E-state index in [1.165, 1.54) is 16.7 Å². The average molecular weight is 440 g/mol. The van der Waals surface area contributed by atoms with Gasteiger partial charge in [-0.3, -0.25) is 9.55 Å². The molecule has 3 heterocycles. The molecule has 7 rings (SSSR count). The second-order valence-electron chi connectivity index (χ2n) is 9.21. The first-order valence-electron chi connectivity index (χ1n) is 11.4. The summed E-state index contributed by atoms with van der Waals surface area (Å²) in [7, 11) is 0. The lowest BCUT2D eigenvalue weighted by Gasteiger charge is -2.20. The molecule has 34 heavy (non-hydrogen) atoms. The average Bonchev–Trinajstić information content (AvgIpc) is 3.35. The van der Waals surface area contributed by atoms with Crippen molar-refractivity contribution in [2.24, 2.45) is 0 Å². The van der Waals surface area contributed by atoms with Crippen LogP contribution in [-0.2, 0) is 5.41 Å². The van der Waals surface area contributed by atoms with Gasteiger partial charge in [-0.2, -0.15) is 0 Å². The van der Waals surface area contributed by atoms with Crippen LogP contribution in [0, 0.1) is 0 Å². The van der Waals surface area contributed by atoms with Crippen molar-refractivity contribution in [2.75, 3.05) is 0 Å². The Morgan fingerprint density at radius 1 is 0.735 bits per heavy atom. The molecule has 3 aromatic heterocycles. The van der Waals surface area contributed by atoms with Crippen molar-refractivity contribution < 1.29 is 0 Å². The third-order valence-electron chi connectivity index (χ3n) is 6.91. The molecule has 0 saturated carbocycles. The van der Waals surface area contributed by atoms with E-state index in [2.05, 4.69) is 60.9 Å². The minimum absolute atomic E-state index is 0.204. The maximum absolute atomic E-state index is 5.15. The van der Waals surface area contributed by atoms with Gasteiger partial charge < -0.3 is 0 Å². The molecule has 0 radical (unpaired) electrons. The van der Waals surface area contributed by atoms with E-state index in [1.807, 2.05) is 36.4 Å². The summed E-state index contributed by atoms with van der Waals surface area (Å²) in [5, 5.41) is 1.03. The maximum Gasteiger partial charge on any atom is 0.237 e. The molecule has 0 spiro atoms. The van der Waals surface area contributed by atoms with E-state index >= 15 is 0 Å². The molecule has 5 heteroatoms. The first kappa shape index (κ1) is 19.1. The number of hydrogen-bond donors (Lipinski definition) is 0. The van der Waals surface area contributed by atoms with Gasteiger partial charge in [-0.1, -0.05) is 86.6 Å². The largest absolute Gasteiger partial charge is 0.260 e. The van der Waals surface area contributed by atoms with Gasteiger partial charge in [0.25, 0.3) is 0 Å². The molecule has 162 valence electrons. The summed E-state index contributed by atoms with van der Waals surface area (Å²) in [6, 6.07) is 27.0. The summed E-state index contributed by atoms with van der Waals surface area (Å²) in [5.74, 6) is 0.608. The quantitative estimate of drug-likeness (QED) is 0.316. The molecule has 1 aliphatic carbocycles. The van der Waals surface area contributed by atoms with Gasteiger partial charge in [0.1, 0.15) is 5.52 Å². The van der Waals surface area contributed by atoms with E-state index in [1.54, 1.807) is 12.4 Å². The smallest absolute Gasteiger partial charge is 0.237 e. The lowest BCUT2D eigenvalue weighted by Crippen LogP contribution is -2.15.